The van der Waals surface area contributed by atoms with E-state index in [2.05, 4.69) is 26.8 Å². The number of benzene rings is 1. The van der Waals surface area contributed by atoms with E-state index in [1.54, 1.807) is 6.92 Å². The molecule has 2 atom stereocenters. The van der Waals surface area contributed by atoms with Gasteiger partial charge in [0.15, 0.2) is 0 Å². The Labute approximate surface area is 127 Å². The molecule has 0 aliphatic heterocycles. The minimum Gasteiger partial charge on any atom is -0.303 e. The molecule has 1 rings (SSSR count). The molecular formula is C16H27O4P. The van der Waals surface area contributed by atoms with Crippen LogP contribution in [0.4, 0.5) is 0 Å². The molecule has 0 heterocycles. The third-order valence-corrected chi connectivity index (χ3v) is 5.02. The van der Waals surface area contributed by atoms with Crippen molar-refractivity contribution in [3.63, 3.8) is 0 Å². The van der Waals surface area contributed by atoms with Crippen LogP contribution < -0.4 is 0 Å². The summed E-state index contributed by atoms with van der Waals surface area (Å²) >= 11 is 0. The number of phosphoric acid groups is 1. The van der Waals surface area contributed by atoms with E-state index in [1.165, 1.54) is 11.1 Å². The second-order valence-electron chi connectivity index (χ2n) is 5.88. The summed E-state index contributed by atoms with van der Waals surface area (Å²) < 4.78 is 16.6. The van der Waals surface area contributed by atoms with Crippen molar-refractivity contribution in [2.45, 2.75) is 65.4 Å². The van der Waals surface area contributed by atoms with Gasteiger partial charge in [-0.3, -0.25) is 4.52 Å². The van der Waals surface area contributed by atoms with Crippen LogP contribution in [-0.2, 0) is 9.09 Å². The Bertz CT molecular complexity index is 523. The van der Waals surface area contributed by atoms with Gasteiger partial charge in [0.1, 0.15) is 0 Å². The summed E-state index contributed by atoms with van der Waals surface area (Å²) in [5, 5.41) is 0. The van der Waals surface area contributed by atoms with Gasteiger partial charge in [-0.1, -0.05) is 38.5 Å². The first-order valence-electron chi connectivity index (χ1n) is 7.47. The predicted octanol–water partition coefficient (Wildman–Crippen LogP) is 4.47. The van der Waals surface area contributed by atoms with Crippen molar-refractivity contribution in [1.29, 1.82) is 0 Å². The van der Waals surface area contributed by atoms with Crippen molar-refractivity contribution >= 4 is 7.82 Å². The molecule has 120 valence electrons. The van der Waals surface area contributed by atoms with E-state index < -0.39 is 13.4 Å². The van der Waals surface area contributed by atoms with Crippen molar-refractivity contribution < 1.29 is 18.9 Å². The maximum absolute atomic E-state index is 11.4. The van der Waals surface area contributed by atoms with Gasteiger partial charge in [0.25, 0.3) is 0 Å². The Morgan fingerprint density at radius 1 is 1.29 bits per heavy atom. The number of hydrogen-bond acceptors (Lipinski definition) is 2. The zero-order chi connectivity index (χ0) is 16.3. The fraction of sp³-hybridized carbons (Fsp3) is 0.625. The number of rotatable bonds is 7. The van der Waals surface area contributed by atoms with Gasteiger partial charge in [0.05, 0.1) is 5.60 Å². The van der Waals surface area contributed by atoms with Crippen molar-refractivity contribution in [3.05, 3.63) is 34.9 Å². The normalized spacial score (nSPS) is 16.5. The average molecular weight is 314 g/mol. The van der Waals surface area contributed by atoms with Crippen LogP contribution in [0.2, 0.25) is 0 Å². The Balaban J connectivity index is 3.32. The minimum absolute atomic E-state index is 0.0416. The molecule has 4 nitrogen and oxygen atoms in total. The molecular weight excluding hydrogens is 287 g/mol. The molecule has 0 aliphatic carbocycles. The summed E-state index contributed by atoms with van der Waals surface area (Å²) in [6, 6.07) is 6.09. The molecule has 0 bridgehead atoms. The number of hydrogen-bond donors (Lipinski definition) is 2. The quantitative estimate of drug-likeness (QED) is 0.729. The third-order valence-electron chi connectivity index (χ3n) is 4.37. The Morgan fingerprint density at radius 2 is 1.90 bits per heavy atom. The molecule has 0 aromatic heterocycles. The van der Waals surface area contributed by atoms with Gasteiger partial charge in [-0.15, -0.1) is 0 Å². The highest BCUT2D eigenvalue weighted by molar-refractivity contribution is 7.46. The summed E-state index contributed by atoms with van der Waals surface area (Å²) in [7, 11) is -4.53. The van der Waals surface area contributed by atoms with Crippen molar-refractivity contribution in [1.82, 2.24) is 0 Å². The average Bonchev–Trinajstić information content (AvgIpc) is 2.37. The first-order chi connectivity index (χ1) is 9.64. The monoisotopic (exact) mass is 314 g/mol. The van der Waals surface area contributed by atoms with E-state index in [4.69, 9.17) is 4.52 Å². The smallest absolute Gasteiger partial charge is 0.303 e. The van der Waals surface area contributed by atoms with E-state index in [0.29, 0.717) is 6.42 Å². The van der Waals surface area contributed by atoms with Gasteiger partial charge in [-0.2, -0.15) is 0 Å². The fourth-order valence-corrected chi connectivity index (χ4v) is 3.68. The lowest BCUT2D eigenvalue weighted by atomic mass is 9.77. The maximum Gasteiger partial charge on any atom is 0.470 e. The summed E-state index contributed by atoms with van der Waals surface area (Å²) in [6.45, 7) is 9.89. The van der Waals surface area contributed by atoms with E-state index >= 15 is 0 Å². The summed E-state index contributed by atoms with van der Waals surface area (Å²) in [5.74, 6) is -0.0416. The minimum atomic E-state index is -4.53. The van der Waals surface area contributed by atoms with Crippen LogP contribution in [0.1, 0.15) is 62.6 Å². The van der Waals surface area contributed by atoms with Crippen LogP contribution in [0.15, 0.2) is 18.2 Å². The molecule has 21 heavy (non-hydrogen) atoms. The van der Waals surface area contributed by atoms with E-state index in [-0.39, 0.29) is 5.92 Å². The highest BCUT2D eigenvalue weighted by atomic mass is 31.2. The molecule has 2 N–H and O–H groups in total. The zero-order valence-electron chi connectivity index (χ0n) is 13.6. The van der Waals surface area contributed by atoms with Crippen LogP contribution in [0.5, 0.6) is 0 Å². The highest BCUT2D eigenvalue weighted by Gasteiger charge is 2.40. The molecule has 1 aromatic carbocycles. The lowest BCUT2D eigenvalue weighted by Crippen LogP contribution is -2.35. The molecule has 0 saturated heterocycles. The van der Waals surface area contributed by atoms with Gasteiger partial charge in [0, 0.05) is 5.92 Å². The second-order valence-corrected chi connectivity index (χ2v) is 7.04. The third kappa shape index (κ3) is 4.65. The van der Waals surface area contributed by atoms with Gasteiger partial charge in [-0.05, 0) is 50.3 Å². The van der Waals surface area contributed by atoms with Crippen LogP contribution in [0, 0.1) is 13.8 Å². The Morgan fingerprint density at radius 3 is 2.38 bits per heavy atom. The van der Waals surface area contributed by atoms with Gasteiger partial charge in [0.2, 0.25) is 0 Å². The zero-order valence-corrected chi connectivity index (χ0v) is 14.5. The summed E-state index contributed by atoms with van der Waals surface area (Å²) in [5.41, 5.74) is 2.59. The van der Waals surface area contributed by atoms with Gasteiger partial charge >= 0.3 is 7.82 Å². The molecule has 0 fully saturated rings. The summed E-state index contributed by atoms with van der Waals surface area (Å²) in [6.07, 6.45) is 2.29. The van der Waals surface area contributed by atoms with Crippen molar-refractivity contribution in [3.8, 4) is 0 Å². The van der Waals surface area contributed by atoms with Crippen LogP contribution in [-0.4, -0.2) is 15.4 Å². The fourth-order valence-electron chi connectivity index (χ4n) is 2.88. The summed E-state index contributed by atoms with van der Waals surface area (Å²) in [4.78, 5) is 18.5. The number of phosphoric ester groups is 1. The predicted molar refractivity (Wildman–Crippen MR) is 85.4 cm³/mol. The van der Waals surface area contributed by atoms with Crippen molar-refractivity contribution in [2.75, 3.05) is 0 Å². The lowest BCUT2D eigenvalue weighted by Gasteiger charge is -2.38. The van der Waals surface area contributed by atoms with E-state index in [1.807, 2.05) is 19.1 Å². The molecule has 5 heteroatoms. The van der Waals surface area contributed by atoms with Crippen LogP contribution >= 0.6 is 7.82 Å². The first-order valence-corrected chi connectivity index (χ1v) is 9.00. The second kappa shape index (κ2) is 7.06. The molecule has 0 radical (unpaired) electrons. The Hall–Kier alpha value is -0.670. The molecule has 0 saturated carbocycles. The van der Waals surface area contributed by atoms with Crippen LogP contribution in [0.3, 0.4) is 0 Å². The standard InChI is InChI=1S/C16H27O4P/c1-6-9-15(14-11-8-10-12(3)13(14)4)16(5,7-2)20-21(17,18)19/h8,10-11,15H,6-7,9H2,1-5H3,(H2,17,18,19). The molecule has 0 amide bonds. The lowest BCUT2D eigenvalue weighted by molar-refractivity contribution is 0.0190. The largest absolute Gasteiger partial charge is 0.470 e. The molecule has 1 aromatic rings. The molecule has 2 unspecified atom stereocenters. The molecule has 0 aliphatic rings. The molecule has 0 spiro atoms. The highest BCUT2D eigenvalue weighted by Crippen LogP contribution is 2.49. The number of aryl methyl sites for hydroxylation is 1. The van der Waals surface area contributed by atoms with E-state index in [0.717, 1.165) is 18.4 Å². The first kappa shape index (κ1) is 18.4. The Kier molecular flexibility index (Phi) is 6.18. The maximum atomic E-state index is 11.4. The van der Waals surface area contributed by atoms with Crippen molar-refractivity contribution in [2.24, 2.45) is 0 Å². The topological polar surface area (TPSA) is 66.8 Å². The SMILES string of the molecule is CCCC(c1cccc(C)c1C)C(C)(CC)OP(=O)(O)O. The van der Waals surface area contributed by atoms with Gasteiger partial charge in [-0.25, -0.2) is 4.57 Å². The van der Waals surface area contributed by atoms with E-state index in [9.17, 15) is 14.4 Å². The van der Waals surface area contributed by atoms with Gasteiger partial charge < -0.3 is 9.79 Å². The van der Waals surface area contributed by atoms with Crippen LogP contribution in [0.25, 0.3) is 0 Å².